The van der Waals surface area contributed by atoms with Gasteiger partial charge in [-0.05, 0) is 51.3 Å². The molecule has 2 aromatic heterocycles. The normalized spacial score (nSPS) is 11.1. The van der Waals surface area contributed by atoms with Gasteiger partial charge in [0.05, 0.1) is 5.01 Å². The first-order chi connectivity index (χ1) is 11.5. The highest BCUT2D eigenvalue weighted by molar-refractivity contribution is 7.09. The number of thiazole rings is 1. The van der Waals surface area contributed by atoms with Crippen molar-refractivity contribution >= 4 is 39.8 Å². The molecule has 0 bridgehead atoms. The summed E-state index contributed by atoms with van der Waals surface area (Å²) in [5.74, 6) is 0.188. The lowest BCUT2D eigenvalue weighted by atomic mass is 10.1. The van der Waals surface area contributed by atoms with Crippen LogP contribution in [0.2, 0.25) is 5.02 Å². The molecular weight excluding hydrogens is 344 g/mol. The minimum absolute atomic E-state index is 0.176. The van der Waals surface area contributed by atoms with E-state index in [0.717, 1.165) is 40.9 Å². The summed E-state index contributed by atoms with van der Waals surface area (Å²) < 4.78 is 5.67. The maximum Gasteiger partial charge on any atom is 0.287 e. The van der Waals surface area contributed by atoms with Crippen molar-refractivity contribution in [2.45, 2.75) is 33.1 Å². The summed E-state index contributed by atoms with van der Waals surface area (Å²) in [6, 6.07) is 5.37. The van der Waals surface area contributed by atoms with Gasteiger partial charge in [0.25, 0.3) is 5.91 Å². The smallest absolute Gasteiger partial charge is 0.287 e. The molecule has 0 spiro atoms. The van der Waals surface area contributed by atoms with Crippen LogP contribution in [-0.4, -0.2) is 17.4 Å². The molecule has 2 heterocycles. The number of hydrogen-bond acceptors (Lipinski definition) is 4. The van der Waals surface area contributed by atoms with Crippen molar-refractivity contribution in [1.82, 2.24) is 10.3 Å². The number of hydrogen-bond donors (Lipinski definition) is 1. The molecule has 1 amide bonds. The summed E-state index contributed by atoms with van der Waals surface area (Å²) in [6.07, 6.45) is 2.87. The van der Waals surface area contributed by atoms with Crippen LogP contribution in [0.25, 0.3) is 11.0 Å². The largest absolute Gasteiger partial charge is 0.451 e. The Kier molecular flexibility index (Phi) is 5.21. The first kappa shape index (κ1) is 17.0. The van der Waals surface area contributed by atoms with E-state index >= 15 is 0 Å². The topological polar surface area (TPSA) is 55.1 Å². The van der Waals surface area contributed by atoms with Gasteiger partial charge in [-0.3, -0.25) is 4.79 Å². The number of furan rings is 1. The second kappa shape index (κ2) is 7.36. The predicted octanol–water partition coefficient (Wildman–Crippen LogP) is 4.91. The van der Waals surface area contributed by atoms with Crippen molar-refractivity contribution < 1.29 is 9.21 Å². The van der Waals surface area contributed by atoms with Gasteiger partial charge in [-0.15, -0.1) is 11.3 Å². The molecule has 0 aliphatic heterocycles. The van der Waals surface area contributed by atoms with E-state index in [9.17, 15) is 4.79 Å². The maximum atomic E-state index is 12.3. The summed E-state index contributed by atoms with van der Waals surface area (Å²) in [5, 5.41) is 7.66. The number of benzene rings is 1. The van der Waals surface area contributed by atoms with Crippen LogP contribution in [-0.2, 0) is 6.42 Å². The Bertz CT molecular complexity index is 869. The zero-order chi connectivity index (χ0) is 17.1. The second-order valence-corrected chi connectivity index (χ2v) is 7.17. The third-order valence-corrected chi connectivity index (χ3v) is 5.14. The molecule has 126 valence electrons. The predicted molar refractivity (Wildman–Crippen MR) is 98.1 cm³/mol. The van der Waals surface area contributed by atoms with E-state index in [1.165, 1.54) is 0 Å². The molecule has 0 saturated carbocycles. The number of carbonyl (C=O) groups excluding carboxylic acids is 1. The van der Waals surface area contributed by atoms with E-state index in [1.807, 2.05) is 19.9 Å². The maximum absolute atomic E-state index is 12.3. The van der Waals surface area contributed by atoms with Gasteiger partial charge in [0.2, 0.25) is 0 Å². The van der Waals surface area contributed by atoms with Gasteiger partial charge >= 0.3 is 0 Å². The fourth-order valence-electron chi connectivity index (χ4n) is 2.61. The lowest BCUT2D eigenvalue weighted by molar-refractivity contribution is 0.0926. The Morgan fingerprint density at radius 2 is 2.17 bits per heavy atom. The number of carbonyl (C=O) groups is 1. The lowest BCUT2D eigenvalue weighted by Gasteiger charge is -2.03. The molecule has 0 fully saturated rings. The number of nitrogens with zero attached hydrogens (tertiary/aromatic N) is 1. The Morgan fingerprint density at radius 1 is 1.33 bits per heavy atom. The average Bonchev–Trinajstić information content (AvgIpc) is 3.11. The highest BCUT2D eigenvalue weighted by Gasteiger charge is 2.17. The quantitative estimate of drug-likeness (QED) is 0.634. The van der Waals surface area contributed by atoms with Gasteiger partial charge in [0.15, 0.2) is 5.76 Å². The van der Waals surface area contributed by atoms with Gasteiger partial charge in [-0.2, -0.15) is 0 Å². The van der Waals surface area contributed by atoms with E-state index in [0.29, 0.717) is 22.9 Å². The lowest BCUT2D eigenvalue weighted by Crippen LogP contribution is -2.24. The molecule has 3 rings (SSSR count). The van der Waals surface area contributed by atoms with Crippen LogP contribution < -0.4 is 5.32 Å². The average molecular weight is 363 g/mol. The van der Waals surface area contributed by atoms with Crippen LogP contribution in [0.5, 0.6) is 0 Å². The summed E-state index contributed by atoms with van der Waals surface area (Å²) in [6.45, 7) is 4.51. The van der Waals surface area contributed by atoms with E-state index < -0.39 is 0 Å². The molecule has 1 N–H and O–H groups in total. The van der Waals surface area contributed by atoms with Crippen molar-refractivity contribution in [2.75, 3.05) is 6.54 Å². The number of aryl methyl sites for hydroxylation is 3. The number of amides is 1. The first-order valence-corrected chi connectivity index (χ1v) is 9.18. The molecule has 6 heteroatoms. The van der Waals surface area contributed by atoms with Crippen molar-refractivity contribution in [3.8, 4) is 0 Å². The monoisotopic (exact) mass is 362 g/mol. The molecule has 3 aromatic rings. The van der Waals surface area contributed by atoms with Crippen molar-refractivity contribution in [2.24, 2.45) is 0 Å². The molecule has 4 nitrogen and oxygen atoms in total. The Labute approximate surface area is 149 Å². The number of rotatable bonds is 6. The molecule has 0 atom stereocenters. The summed E-state index contributed by atoms with van der Waals surface area (Å²) >= 11 is 7.70. The third kappa shape index (κ3) is 3.79. The van der Waals surface area contributed by atoms with E-state index in [2.05, 4.69) is 15.7 Å². The number of halogens is 1. The molecular formula is C18H19ClN2O2S. The van der Waals surface area contributed by atoms with Crippen molar-refractivity contribution in [3.05, 3.63) is 50.6 Å². The van der Waals surface area contributed by atoms with Crippen LogP contribution in [0, 0.1) is 13.8 Å². The minimum Gasteiger partial charge on any atom is -0.451 e. The molecule has 0 unspecified atom stereocenters. The van der Waals surface area contributed by atoms with E-state index in [-0.39, 0.29) is 5.91 Å². The summed E-state index contributed by atoms with van der Waals surface area (Å²) in [5.41, 5.74) is 2.58. The molecule has 0 radical (unpaired) electrons. The van der Waals surface area contributed by atoms with Crippen LogP contribution >= 0.6 is 22.9 Å². The van der Waals surface area contributed by atoms with Crippen LogP contribution in [0.1, 0.15) is 39.7 Å². The number of unbranched alkanes of at least 4 members (excludes halogenated alkanes) is 1. The van der Waals surface area contributed by atoms with Gasteiger partial charge in [0, 0.05) is 33.6 Å². The Balaban J connectivity index is 1.52. The van der Waals surface area contributed by atoms with Crippen LogP contribution in [0.15, 0.2) is 28.0 Å². The van der Waals surface area contributed by atoms with Crippen molar-refractivity contribution in [3.63, 3.8) is 0 Å². The number of aromatic nitrogens is 1. The standard InChI is InChI=1S/C18H19ClN2O2S/c1-11-10-24-16(21-11)5-3-4-8-20-18(22)17-12(2)14-9-13(19)6-7-15(14)23-17/h6-7,9-10H,3-5,8H2,1-2H3,(H,20,22). The second-order valence-electron chi connectivity index (χ2n) is 5.79. The third-order valence-electron chi connectivity index (χ3n) is 3.87. The zero-order valence-corrected chi connectivity index (χ0v) is 15.3. The van der Waals surface area contributed by atoms with E-state index in [1.54, 1.807) is 23.5 Å². The van der Waals surface area contributed by atoms with Crippen molar-refractivity contribution in [1.29, 1.82) is 0 Å². The Hall–Kier alpha value is -1.85. The number of fused-ring (bicyclic) bond motifs is 1. The highest BCUT2D eigenvalue weighted by Crippen LogP contribution is 2.27. The van der Waals surface area contributed by atoms with Gasteiger partial charge < -0.3 is 9.73 Å². The first-order valence-electron chi connectivity index (χ1n) is 7.92. The molecule has 0 aliphatic carbocycles. The van der Waals surface area contributed by atoms with Gasteiger partial charge in [-0.1, -0.05) is 11.6 Å². The fraction of sp³-hybridized carbons (Fsp3) is 0.333. The fourth-order valence-corrected chi connectivity index (χ4v) is 3.60. The zero-order valence-electron chi connectivity index (χ0n) is 13.7. The van der Waals surface area contributed by atoms with Gasteiger partial charge in [0.1, 0.15) is 5.58 Å². The van der Waals surface area contributed by atoms with E-state index in [4.69, 9.17) is 16.0 Å². The molecule has 0 aliphatic rings. The summed E-state index contributed by atoms with van der Waals surface area (Å²) in [7, 11) is 0. The Morgan fingerprint density at radius 3 is 2.92 bits per heavy atom. The molecule has 1 aromatic carbocycles. The van der Waals surface area contributed by atoms with Crippen LogP contribution in [0.4, 0.5) is 0 Å². The SMILES string of the molecule is Cc1csc(CCCCNC(=O)c2oc3ccc(Cl)cc3c2C)n1. The van der Waals surface area contributed by atoms with Gasteiger partial charge in [-0.25, -0.2) is 4.98 Å². The molecule has 0 saturated heterocycles. The minimum atomic E-state index is -0.176. The highest BCUT2D eigenvalue weighted by atomic mass is 35.5. The summed E-state index contributed by atoms with van der Waals surface area (Å²) in [4.78, 5) is 16.7. The molecule has 24 heavy (non-hydrogen) atoms. The van der Waals surface area contributed by atoms with Crippen LogP contribution in [0.3, 0.4) is 0 Å². The number of nitrogens with one attached hydrogen (secondary N) is 1.